The third-order valence-electron chi connectivity index (χ3n) is 3.55. The molecular weight excluding hydrogens is 282 g/mol. The Morgan fingerprint density at radius 1 is 1.27 bits per heavy atom. The zero-order valence-electron chi connectivity index (χ0n) is 13.1. The van der Waals surface area contributed by atoms with Gasteiger partial charge in [0.15, 0.2) is 0 Å². The lowest BCUT2D eigenvalue weighted by atomic mass is 9.89. The molecule has 0 saturated carbocycles. The summed E-state index contributed by atoms with van der Waals surface area (Å²) >= 11 is 0. The van der Waals surface area contributed by atoms with Gasteiger partial charge in [-0.25, -0.2) is 4.79 Å². The molecule has 1 heterocycles. The normalized spacial score (nSPS) is 22.3. The molecule has 2 unspecified atom stereocenters. The molecule has 1 fully saturated rings. The minimum Gasteiger partial charge on any atom is -0.444 e. The molecule has 22 heavy (non-hydrogen) atoms. The van der Waals surface area contributed by atoms with Crippen molar-refractivity contribution in [3.63, 3.8) is 0 Å². The number of amides is 1. The van der Waals surface area contributed by atoms with E-state index in [1.165, 1.54) is 4.90 Å². The van der Waals surface area contributed by atoms with Crippen LogP contribution in [0.2, 0.25) is 0 Å². The number of likely N-dealkylation sites (tertiary alicyclic amines) is 1. The highest BCUT2D eigenvalue weighted by Crippen LogP contribution is 2.32. The minimum atomic E-state index is -0.771. The summed E-state index contributed by atoms with van der Waals surface area (Å²) in [7, 11) is 0. The Morgan fingerprint density at radius 2 is 1.91 bits per heavy atom. The average Bonchev–Trinajstić information content (AvgIpc) is 2.46. The molecule has 1 aromatic carbocycles. The van der Waals surface area contributed by atoms with Gasteiger partial charge in [-0.1, -0.05) is 30.3 Å². The molecule has 0 bridgehead atoms. The van der Waals surface area contributed by atoms with Gasteiger partial charge in [0, 0.05) is 13.0 Å². The van der Waals surface area contributed by atoms with E-state index in [1.807, 2.05) is 30.3 Å². The number of ether oxygens (including phenoxy) is 1. The number of ketones is 1. The molecule has 1 aliphatic heterocycles. The van der Waals surface area contributed by atoms with Gasteiger partial charge >= 0.3 is 6.09 Å². The fourth-order valence-corrected chi connectivity index (χ4v) is 2.51. The summed E-state index contributed by atoms with van der Waals surface area (Å²) in [4.78, 5) is 37.0. The van der Waals surface area contributed by atoms with Gasteiger partial charge in [0.1, 0.15) is 17.7 Å². The second kappa shape index (κ2) is 6.30. The zero-order valence-corrected chi connectivity index (χ0v) is 13.1. The number of carbonyl (C=O) groups excluding carboxylic acids is 3. The number of nitrogens with zero attached hydrogens (tertiary/aromatic N) is 1. The first kappa shape index (κ1) is 16.2. The van der Waals surface area contributed by atoms with Crippen molar-refractivity contribution in [2.24, 2.45) is 5.92 Å². The first-order valence-corrected chi connectivity index (χ1v) is 7.34. The van der Waals surface area contributed by atoms with Crippen LogP contribution in [-0.4, -0.2) is 35.2 Å². The maximum absolute atomic E-state index is 12.4. The molecule has 1 amide bonds. The van der Waals surface area contributed by atoms with E-state index < -0.39 is 17.6 Å². The van der Waals surface area contributed by atoms with Crippen molar-refractivity contribution in [3.05, 3.63) is 35.9 Å². The second-order valence-corrected chi connectivity index (χ2v) is 6.47. The van der Waals surface area contributed by atoms with E-state index in [1.54, 1.807) is 20.8 Å². The molecule has 5 nitrogen and oxygen atoms in total. The summed E-state index contributed by atoms with van der Waals surface area (Å²) in [5.41, 5.74) is 0.238. The van der Waals surface area contributed by atoms with Crippen LogP contribution >= 0.6 is 0 Å². The van der Waals surface area contributed by atoms with E-state index >= 15 is 0 Å². The third kappa shape index (κ3) is 3.72. The summed E-state index contributed by atoms with van der Waals surface area (Å²) in [5, 5.41) is 0. The molecular formula is C17H21NO4. The van der Waals surface area contributed by atoms with Crippen LogP contribution in [0.3, 0.4) is 0 Å². The van der Waals surface area contributed by atoms with Crippen molar-refractivity contribution >= 4 is 18.2 Å². The number of Topliss-reactive ketones (excluding diaryl/α,β-unsaturated/α-hetero) is 1. The van der Waals surface area contributed by atoms with Crippen LogP contribution in [0.5, 0.6) is 0 Å². The van der Waals surface area contributed by atoms with Crippen LogP contribution in [-0.2, 0) is 14.3 Å². The first-order chi connectivity index (χ1) is 10.3. The number of piperidine rings is 1. The number of hydrogen-bond donors (Lipinski definition) is 0. The van der Waals surface area contributed by atoms with Crippen LogP contribution in [0.15, 0.2) is 30.3 Å². The van der Waals surface area contributed by atoms with E-state index in [9.17, 15) is 14.4 Å². The van der Waals surface area contributed by atoms with Gasteiger partial charge in [0.25, 0.3) is 0 Å². The van der Waals surface area contributed by atoms with E-state index in [4.69, 9.17) is 4.74 Å². The Balaban J connectivity index is 2.29. The lowest BCUT2D eigenvalue weighted by Gasteiger charge is -2.38. The fraction of sp³-hybridized carbons (Fsp3) is 0.471. The molecule has 1 aliphatic rings. The Hall–Kier alpha value is -2.17. The maximum Gasteiger partial charge on any atom is 0.410 e. The van der Waals surface area contributed by atoms with Crippen molar-refractivity contribution in [3.8, 4) is 0 Å². The monoisotopic (exact) mass is 303 g/mol. The van der Waals surface area contributed by atoms with E-state index in [2.05, 4.69) is 0 Å². The molecule has 0 spiro atoms. The van der Waals surface area contributed by atoms with Gasteiger partial charge < -0.3 is 9.53 Å². The van der Waals surface area contributed by atoms with Crippen LogP contribution in [0, 0.1) is 5.92 Å². The molecule has 0 aliphatic carbocycles. The van der Waals surface area contributed by atoms with Crippen molar-refractivity contribution in [1.29, 1.82) is 0 Å². The summed E-state index contributed by atoms with van der Waals surface area (Å²) in [6, 6.07) is 8.95. The Kier molecular flexibility index (Phi) is 4.64. The Bertz CT molecular complexity index is 562. The van der Waals surface area contributed by atoms with Crippen LogP contribution in [0.4, 0.5) is 4.79 Å². The van der Waals surface area contributed by atoms with Crippen molar-refractivity contribution in [2.45, 2.75) is 38.8 Å². The topological polar surface area (TPSA) is 63.7 Å². The van der Waals surface area contributed by atoms with Gasteiger partial charge in [0.2, 0.25) is 0 Å². The van der Waals surface area contributed by atoms with E-state index in [-0.39, 0.29) is 24.8 Å². The van der Waals surface area contributed by atoms with Crippen molar-refractivity contribution in [2.75, 3.05) is 6.54 Å². The molecule has 0 N–H and O–H groups in total. The quantitative estimate of drug-likeness (QED) is 0.622. The molecule has 0 radical (unpaired) electrons. The molecule has 5 heteroatoms. The molecule has 1 aromatic rings. The summed E-state index contributed by atoms with van der Waals surface area (Å²) in [5.74, 6) is -0.906. The van der Waals surface area contributed by atoms with Crippen LogP contribution in [0.1, 0.15) is 38.8 Å². The molecule has 2 atom stereocenters. The highest BCUT2D eigenvalue weighted by Gasteiger charge is 2.39. The molecule has 1 saturated heterocycles. The maximum atomic E-state index is 12.4. The predicted octanol–water partition coefficient (Wildman–Crippen LogP) is 2.75. The van der Waals surface area contributed by atoms with E-state index in [0.717, 1.165) is 5.56 Å². The number of carbonyl (C=O) groups is 3. The number of benzene rings is 1. The highest BCUT2D eigenvalue weighted by molar-refractivity contribution is 5.95. The second-order valence-electron chi connectivity index (χ2n) is 6.47. The van der Waals surface area contributed by atoms with Crippen LogP contribution < -0.4 is 0 Å². The van der Waals surface area contributed by atoms with Gasteiger partial charge in [-0.2, -0.15) is 0 Å². The average molecular weight is 303 g/mol. The van der Waals surface area contributed by atoms with Crippen molar-refractivity contribution < 1.29 is 19.1 Å². The largest absolute Gasteiger partial charge is 0.444 e. The number of rotatable bonds is 2. The number of aldehydes is 1. The summed E-state index contributed by atoms with van der Waals surface area (Å²) in [6.07, 6.45) is 0.244. The van der Waals surface area contributed by atoms with Gasteiger partial charge in [-0.3, -0.25) is 9.69 Å². The Morgan fingerprint density at radius 3 is 2.45 bits per heavy atom. The first-order valence-electron chi connectivity index (χ1n) is 7.34. The van der Waals surface area contributed by atoms with Crippen LogP contribution in [0.25, 0.3) is 0 Å². The highest BCUT2D eigenvalue weighted by atomic mass is 16.6. The van der Waals surface area contributed by atoms with Crippen molar-refractivity contribution in [1.82, 2.24) is 4.90 Å². The SMILES string of the molecule is CC(C)(C)OC(=O)N1CC(C=O)C(=O)CC1c1ccccc1. The predicted molar refractivity (Wildman–Crippen MR) is 81.3 cm³/mol. The van der Waals surface area contributed by atoms with Gasteiger partial charge in [-0.05, 0) is 26.3 Å². The third-order valence-corrected chi connectivity index (χ3v) is 3.55. The fourth-order valence-electron chi connectivity index (χ4n) is 2.51. The lowest BCUT2D eigenvalue weighted by molar-refractivity contribution is -0.132. The van der Waals surface area contributed by atoms with E-state index in [0.29, 0.717) is 6.29 Å². The lowest BCUT2D eigenvalue weighted by Crippen LogP contribution is -2.48. The van der Waals surface area contributed by atoms with Gasteiger partial charge in [0.05, 0.1) is 12.0 Å². The summed E-state index contributed by atoms with van der Waals surface area (Å²) in [6.45, 7) is 5.43. The molecule has 118 valence electrons. The number of hydrogen-bond acceptors (Lipinski definition) is 4. The standard InChI is InChI=1S/C17H21NO4/c1-17(2,3)22-16(21)18-10-13(11-19)15(20)9-14(18)12-7-5-4-6-8-12/h4-8,11,13-14H,9-10H2,1-3H3. The smallest absolute Gasteiger partial charge is 0.410 e. The zero-order chi connectivity index (χ0) is 16.3. The minimum absolute atomic E-state index is 0.0663. The Labute approximate surface area is 130 Å². The molecule has 2 rings (SSSR count). The molecule has 0 aromatic heterocycles. The van der Waals surface area contributed by atoms with Gasteiger partial charge in [-0.15, -0.1) is 0 Å². The summed E-state index contributed by atoms with van der Waals surface area (Å²) < 4.78 is 5.42.